The van der Waals surface area contributed by atoms with Gasteiger partial charge in [0.05, 0.1) is 0 Å². The first-order chi connectivity index (χ1) is 20.2. The van der Waals surface area contributed by atoms with Gasteiger partial charge in [-0.15, -0.1) is 11.3 Å². The molecule has 2 amide bonds. The fourth-order valence-electron chi connectivity index (χ4n) is 5.69. The van der Waals surface area contributed by atoms with Gasteiger partial charge in [0.1, 0.15) is 17.6 Å². The number of rotatable bonds is 6. The second kappa shape index (κ2) is 11.2. The van der Waals surface area contributed by atoms with Crippen molar-refractivity contribution >= 4 is 34.1 Å². The number of carbonyl (C=O) groups is 2. The molecule has 2 aliphatic rings. The third-order valence-electron chi connectivity index (χ3n) is 8.03. The number of fused-ring (bicyclic) bond motifs is 1. The summed E-state index contributed by atoms with van der Waals surface area (Å²) in [4.78, 5) is 42.5. The number of piperazine rings is 1. The predicted octanol–water partition coefficient (Wildman–Crippen LogP) is 5.17. The number of nitrogens with one attached hydrogen (secondary N) is 1. The van der Waals surface area contributed by atoms with E-state index in [-0.39, 0.29) is 23.7 Å². The molecule has 2 aromatic carbocycles. The molecule has 2 aliphatic heterocycles. The Labute approximate surface area is 249 Å². The molecule has 6 rings (SSSR count). The molecule has 9 nitrogen and oxygen atoms in total. The molecule has 0 radical (unpaired) electrons. The van der Waals surface area contributed by atoms with Crippen LogP contribution in [-0.4, -0.2) is 68.4 Å². The van der Waals surface area contributed by atoms with E-state index in [1.54, 1.807) is 29.8 Å². The van der Waals surface area contributed by atoms with Crippen molar-refractivity contribution < 1.29 is 14.7 Å². The van der Waals surface area contributed by atoms with Crippen molar-refractivity contribution in [3.05, 3.63) is 89.1 Å². The number of aromatic hydroxyl groups is 1. The number of aromatic nitrogens is 2. The van der Waals surface area contributed by atoms with Crippen LogP contribution < -0.4 is 10.2 Å². The number of hydrogen-bond acceptors (Lipinski definition) is 8. The first kappa shape index (κ1) is 27.9. The Morgan fingerprint density at radius 2 is 1.76 bits per heavy atom. The minimum absolute atomic E-state index is 0.0489. The lowest BCUT2D eigenvalue weighted by Crippen LogP contribution is -2.53. The molecule has 42 heavy (non-hydrogen) atoms. The zero-order valence-corrected chi connectivity index (χ0v) is 24.8. The molecule has 2 N–H and O–H groups in total. The van der Waals surface area contributed by atoms with Crippen molar-refractivity contribution in [3.8, 4) is 16.9 Å². The number of anilines is 2. The Bertz CT molecular complexity index is 1590. The standard InChI is InChI=1S/C32H34N6O3S/c1-32(2,3)37-15-13-36(14-16-37)27-11-10-22(19-34-27)21-8-9-23-20-38(30(41)25(23)18-21)28(24-6-4-5-7-26(24)39)29(40)35-31-33-12-17-42-31/h4-12,17-19,28,39H,13-16,20H2,1-3H3,(H,33,35,40). The maximum absolute atomic E-state index is 13.8. The molecular formula is C32H34N6O3S. The van der Waals surface area contributed by atoms with Gasteiger partial charge in [0.25, 0.3) is 11.8 Å². The van der Waals surface area contributed by atoms with Crippen LogP contribution >= 0.6 is 11.3 Å². The van der Waals surface area contributed by atoms with E-state index in [4.69, 9.17) is 4.98 Å². The quantitative estimate of drug-likeness (QED) is 0.324. The fourth-order valence-corrected chi connectivity index (χ4v) is 6.22. The van der Waals surface area contributed by atoms with E-state index in [2.05, 4.69) is 40.9 Å². The minimum atomic E-state index is -1.03. The van der Waals surface area contributed by atoms with Gasteiger partial charge in [-0.3, -0.25) is 19.8 Å². The topological polar surface area (TPSA) is 102 Å². The van der Waals surface area contributed by atoms with E-state index >= 15 is 0 Å². The van der Waals surface area contributed by atoms with Crippen molar-refractivity contribution in [3.63, 3.8) is 0 Å². The molecule has 4 heterocycles. The highest BCUT2D eigenvalue weighted by Gasteiger charge is 2.39. The highest BCUT2D eigenvalue weighted by molar-refractivity contribution is 7.13. The maximum Gasteiger partial charge on any atom is 0.255 e. The molecule has 216 valence electrons. The van der Waals surface area contributed by atoms with Crippen molar-refractivity contribution in [2.45, 2.75) is 38.9 Å². The van der Waals surface area contributed by atoms with Gasteiger partial charge in [-0.2, -0.15) is 0 Å². The number of benzene rings is 2. The SMILES string of the molecule is CC(C)(C)N1CCN(c2ccc(-c3ccc4c(c3)C(=O)N(C(C(=O)Nc3nccs3)c3ccccc3O)C4)cn2)CC1. The Kier molecular flexibility index (Phi) is 7.42. The summed E-state index contributed by atoms with van der Waals surface area (Å²) in [5.41, 5.74) is 3.68. The number of phenolic OH excluding ortho intramolecular Hbond substituents is 1. The van der Waals surface area contributed by atoms with Crippen LogP contribution in [0.25, 0.3) is 11.1 Å². The molecule has 1 unspecified atom stereocenters. The summed E-state index contributed by atoms with van der Waals surface area (Å²) in [5, 5.41) is 15.6. The van der Waals surface area contributed by atoms with E-state index in [1.807, 2.05) is 36.5 Å². The van der Waals surface area contributed by atoms with Crippen LogP contribution in [0.4, 0.5) is 10.9 Å². The van der Waals surface area contributed by atoms with Crippen LogP contribution in [0.15, 0.2) is 72.4 Å². The average Bonchev–Trinajstić information content (AvgIpc) is 3.61. The third kappa shape index (κ3) is 5.47. The number of para-hydroxylation sites is 1. The molecule has 1 fully saturated rings. The maximum atomic E-state index is 13.8. The Balaban J connectivity index is 1.22. The second-order valence-corrected chi connectivity index (χ2v) is 12.5. The first-order valence-corrected chi connectivity index (χ1v) is 15.0. The molecule has 2 aromatic heterocycles. The number of phenols is 1. The Hall–Kier alpha value is -4.28. The normalized spacial score (nSPS) is 16.4. The number of nitrogens with zero attached hydrogens (tertiary/aromatic N) is 5. The molecule has 0 aliphatic carbocycles. The van der Waals surface area contributed by atoms with E-state index in [0.717, 1.165) is 48.7 Å². The number of thiazole rings is 1. The van der Waals surface area contributed by atoms with Gasteiger partial charge in [0.2, 0.25) is 0 Å². The van der Waals surface area contributed by atoms with Crippen LogP contribution in [-0.2, 0) is 11.3 Å². The van der Waals surface area contributed by atoms with Gasteiger partial charge < -0.3 is 14.9 Å². The van der Waals surface area contributed by atoms with E-state index < -0.39 is 11.9 Å². The number of pyridine rings is 1. The highest BCUT2D eigenvalue weighted by atomic mass is 32.1. The zero-order valence-electron chi connectivity index (χ0n) is 23.9. The summed E-state index contributed by atoms with van der Waals surface area (Å²) < 4.78 is 0. The van der Waals surface area contributed by atoms with Crippen LogP contribution in [0.2, 0.25) is 0 Å². The molecule has 4 aromatic rings. The lowest BCUT2D eigenvalue weighted by Gasteiger charge is -2.42. The smallest absolute Gasteiger partial charge is 0.255 e. The molecule has 10 heteroatoms. The molecule has 0 saturated carbocycles. The van der Waals surface area contributed by atoms with Crippen molar-refractivity contribution in [1.29, 1.82) is 0 Å². The van der Waals surface area contributed by atoms with Crippen molar-refractivity contribution in [2.75, 3.05) is 36.4 Å². The monoisotopic (exact) mass is 582 g/mol. The zero-order chi connectivity index (χ0) is 29.4. The minimum Gasteiger partial charge on any atom is -0.508 e. The summed E-state index contributed by atoms with van der Waals surface area (Å²) in [7, 11) is 0. The van der Waals surface area contributed by atoms with Gasteiger partial charge in [-0.25, -0.2) is 9.97 Å². The Morgan fingerprint density at radius 1 is 1.00 bits per heavy atom. The van der Waals surface area contributed by atoms with Crippen LogP contribution in [0, 0.1) is 0 Å². The molecular weight excluding hydrogens is 548 g/mol. The van der Waals surface area contributed by atoms with Crippen molar-refractivity contribution in [1.82, 2.24) is 19.8 Å². The number of hydrogen-bond donors (Lipinski definition) is 2. The summed E-state index contributed by atoms with van der Waals surface area (Å²) in [6.45, 7) is 10.9. The fraction of sp³-hybridized carbons (Fsp3) is 0.312. The van der Waals surface area contributed by atoms with E-state index in [1.165, 1.54) is 22.3 Å². The molecule has 1 saturated heterocycles. The summed E-state index contributed by atoms with van der Waals surface area (Å²) >= 11 is 1.29. The molecule has 0 spiro atoms. The summed E-state index contributed by atoms with van der Waals surface area (Å²) in [6.07, 6.45) is 3.46. The van der Waals surface area contributed by atoms with Crippen LogP contribution in [0.1, 0.15) is 48.3 Å². The Morgan fingerprint density at radius 3 is 2.43 bits per heavy atom. The van der Waals surface area contributed by atoms with Crippen molar-refractivity contribution in [2.24, 2.45) is 0 Å². The van der Waals surface area contributed by atoms with Gasteiger partial charge in [0.15, 0.2) is 5.13 Å². The van der Waals surface area contributed by atoms with Crippen LogP contribution in [0.5, 0.6) is 5.75 Å². The molecule has 0 bridgehead atoms. The average molecular weight is 583 g/mol. The van der Waals surface area contributed by atoms with Gasteiger partial charge in [0, 0.05) is 72.7 Å². The van der Waals surface area contributed by atoms with Gasteiger partial charge >= 0.3 is 0 Å². The predicted molar refractivity (Wildman–Crippen MR) is 165 cm³/mol. The van der Waals surface area contributed by atoms with Gasteiger partial charge in [-0.1, -0.05) is 30.3 Å². The second-order valence-electron chi connectivity index (χ2n) is 11.6. The van der Waals surface area contributed by atoms with Gasteiger partial charge in [-0.05, 0) is 56.2 Å². The third-order valence-corrected chi connectivity index (χ3v) is 8.72. The summed E-state index contributed by atoms with van der Waals surface area (Å²) in [5.74, 6) is 0.200. The largest absolute Gasteiger partial charge is 0.508 e. The lowest BCUT2D eigenvalue weighted by atomic mass is 10.0. The van der Waals surface area contributed by atoms with Crippen LogP contribution in [0.3, 0.4) is 0 Å². The number of amides is 2. The first-order valence-electron chi connectivity index (χ1n) is 14.1. The van der Waals surface area contributed by atoms with E-state index in [9.17, 15) is 14.7 Å². The number of carbonyl (C=O) groups excluding carboxylic acids is 2. The molecule has 1 atom stereocenters. The summed E-state index contributed by atoms with van der Waals surface area (Å²) in [6, 6.07) is 15.5. The lowest BCUT2D eigenvalue weighted by molar-refractivity contribution is -0.120. The van der Waals surface area contributed by atoms with E-state index in [0.29, 0.717) is 16.3 Å². The highest BCUT2D eigenvalue weighted by Crippen LogP contribution is 2.37.